The normalized spacial score (nSPS) is 14.8. The molecule has 0 saturated heterocycles. The van der Waals surface area contributed by atoms with E-state index in [0.29, 0.717) is 11.0 Å². The lowest BCUT2D eigenvalue weighted by Gasteiger charge is -2.24. The van der Waals surface area contributed by atoms with Crippen LogP contribution in [-0.4, -0.2) is 56.8 Å². The molecule has 1 unspecified atom stereocenters. The number of nitrogens with two attached hydrogens (primary N) is 1. The molecular weight excluding hydrogens is 315 g/mol. The smallest absolute Gasteiger partial charge is 0.330 e. The standard InChI is InChI=1S/C16H37N2O4P/c1-18(2,3)14-16-22-23(19,20)21-15-12-10-8-6-4-5-7-9-11-13-17/h4-17H2,1-3H3/p+1. The van der Waals surface area contributed by atoms with E-state index in [4.69, 9.17) is 14.8 Å². The zero-order valence-corrected chi connectivity index (χ0v) is 16.2. The lowest BCUT2D eigenvalue weighted by Crippen LogP contribution is -2.37. The molecule has 3 N–H and O–H groups in total. The molecule has 0 aliphatic heterocycles. The van der Waals surface area contributed by atoms with Crippen LogP contribution in [0.3, 0.4) is 0 Å². The minimum atomic E-state index is -3.88. The van der Waals surface area contributed by atoms with Gasteiger partial charge in [-0.3, -0.25) is 9.05 Å². The van der Waals surface area contributed by atoms with Gasteiger partial charge >= 0.3 is 7.82 Å². The van der Waals surface area contributed by atoms with E-state index in [0.717, 1.165) is 32.2 Å². The summed E-state index contributed by atoms with van der Waals surface area (Å²) in [6.45, 7) is 1.98. The first kappa shape index (κ1) is 23.0. The molecule has 0 heterocycles. The van der Waals surface area contributed by atoms with Crippen molar-refractivity contribution in [1.29, 1.82) is 0 Å². The van der Waals surface area contributed by atoms with Crippen LogP contribution < -0.4 is 5.73 Å². The lowest BCUT2D eigenvalue weighted by molar-refractivity contribution is -0.870. The topological polar surface area (TPSA) is 81.8 Å². The molecule has 0 saturated carbocycles. The molecule has 0 spiro atoms. The Morgan fingerprint density at radius 2 is 1.26 bits per heavy atom. The molecule has 0 fully saturated rings. The van der Waals surface area contributed by atoms with Gasteiger partial charge in [0.25, 0.3) is 0 Å². The Morgan fingerprint density at radius 1 is 0.826 bits per heavy atom. The summed E-state index contributed by atoms with van der Waals surface area (Å²) in [6, 6.07) is 0. The lowest BCUT2D eigenvalue weighted by atomic mass is 10.1. The fraction of sp³-hybridized carbons (Fsp3) is 1.00. The molecule has 0 amide bonds. The number of rotatable bonds is 16. The number of hydrogen-bond acceptors (Lipinski definition) is 4. The first-order valence-electron chi connectivity index (χ1n) is 8.89. The second-order valence-corrected chi connectivity index (χ2v) is 8.57. The van der Waals surface area contributed by atoms with Gasteiger partial charge in [-0.1, -0.05) is 44.9 Å². The highest BCUT2D eigenvalue weighted by Gasteiger charge is 2.21. The van der Waals surface area contributed by atoms with Gasteiger partial charge < -0.3 is 15.1 Å². The van der Waals surface area contributed by atoms with E-state index >= 15 is 0 Å². The van der Waals surface area contributed by atoms with Crippen molar-refractivity contribution in [3.8, 4) is 0 Å². The SMILES string of the molecule is C[N+](C)(C)CCOP(=O)(O)OCCCCCCCCCCCN. The second-order valence-electron chi connectivity index (χ2n) is 7.12. The van der Waals surface area contributed by atoms with Gasteiger partial charge in [0.2, 0.25) is 0 Å². The Balaban J connectivity index is 3.40. The summed E-state index contributed by atoms with van der Waals surface area (Å²) < 4.78 is 22.3. The summed E-state index contributed by atoms with van der Waals surface area (Å²) in [5, 5.41) is 0. The molecule has 0 aromatic rings. The molecular formula is C16H38N2O4P+. The van der Waals surface area contributed by atoms with Crippen LogP contribution in [0.15, 0.2) is 0 Å². The maximum absolute atomic E-state index is 11.7. The maximum Gasteiger partial charge on any atom is 0.472 e. The predicted molar refractivity (Wildman–Crippen MR) is 95.2 cm³/mol. The molecule has 0 aliphatic carbocycles. The van der Waals surface area contributed by atoms with Crippen molar-refractivity contribution >= 4 is 7.82 Å². The van der Waals surface area contributed by atoms with Crippen molar-refractivity contribution < 1.29 is 23.0 Å². The largest absolute Gasteiger partial charge is 0.472 e. The van der Waals surface area contributed by atoms with Crippen LogP contribution in [0.5, 0.6) is 0 Å². The van der Waals surface area contributed by atoms with E-state index in [9.17, 15) is 9.46 Å². The summed E-state index contributed by atoms with van der Waals surface area (Å²) in [6.07, 6.45) is 10.4. The quantitative estimate of drug-likeness (QED) is 0.253. The van der Waals surface area contributed by atoms with Crippen molar-refractivity contribution in [2.24, 2.45) is 5.73 Å². The summed E-state index contributed by atoms with van der Waals surface area (Å²) in [4.78, 5) is 9.55. The molecule has 7 heteroatoms. The van der Waals surface area contributed by atoms with Crippen LogP contribution in [0.2, 0.25) is 0 Å². The highest BCUT2D eigenvalue weighted by Crippen LogP contribution is 2.43. The van der Waals surface area contributed by atoms with E-state index in [2.05, 4.69) is 0 Å². The molecule has 0 aromatic heterocycles. The first-order chi connectivity index (χ1) is 10.8. The molecule has 0 bridgehead atoms. The van der Waals surface area contributed by atoms with Gasteiger partial charge in [-0.15, -0.1) is 0 Å². The van der Waals surface area contributed by atoms with Crippen molar-refractivity contribution in [2.75, 3.05) is 47.4 Å². The molecule has 0 rings (SSSR count). The second kappa shape index (κ2) is 13.3. The number of phosphoric acid groups is 1. The minimum Gasteiger partial charge on any atom is -0.330 e. The molecule has 0 aromatic carbocycles. The molecule has 1 atom stereocenters. The van der Waals surface area contributed by atoms with E-state index < -0.39 is 7.82 Å². The molecule has 0 radical (unpaired) electrons. The highest BCUT2D eigenvalue weighted by molar-refractivity contribution is 7.47. The monoisotopic (exact) mass is 353 g/mol. The summed E-state index contributed by atoms with van der Waals surface area (Å²) >= 11 is 0. The van der Waals surface area contributed by atoms with Gasteiger partial charge in [0, 0.05) is 0 Å². The maximum atomic E-state index is 11.7. The van der Waals surface area contributed by atoms with Gasteiger partial charge in [-0.25, -0.2) is 4.57 Å². The van der Waals surface area contributed by atoms with Gasteiger partial charge in [0.05, 0.1) is 27.7 Å². The average Bonchev–Trinajstić information content (AvgIpc) is 2.43. The Bertz CT molecular complexity index is 322. The third kappa shape index (κ3) is 18.2. The van der Waals surface area contributed by atoms with Crippen LogP contribution in [0.1, 0.15) is 57.8 Å². The third-order valence-corrected chi connectivity index (χ3v) is 4.64. The van der Waals surface area contributed by atoms with Gasteiger partial charge in [-0.05, 0) is 19.4 Å². The van der Waals surface area contributed by atoms with Gasteiger partial charge in [0.1, 0.15) is 13.2 Å². The molecule has 140 valence electrons. The Morgan fingerprint density at radius 3 is 1.74 bits per heavy atom. The summed E-state index contributed by atoms with van der Waals surface area (Å²) in [5.74, 6) is 0. The Kier molecular flexibility index (Phi) is 13.4. The average molecular weight is 353 g/mol. The van der Waals surface area contributed by atoms with Crippen molar-refractivity contribution in [3.63, 3.8) is 0 Å². The van der Waals surface area contributed by atoms with Crippen molar-refractivity contribution in [3.05, 3.63) is 0 Å². The van der Waals surface area contributed by atoms with E-state index in [1.165, 1.54) is 32.1 Å². The zero-order chi connectivity index (χ0) is 17.6. The highest BCUT2D eigenvalue weighted by atomic mass is 31.2. The van der Waals surface area contributed by atoms with Crippen LogP contribution in [0.25, 0.3) is 0 Å². The van der Waals surface area contributed by atoms with Crippen LogP contribution in [-0.2, 0) is 13.6 Å². The summed E-state index contributed by atoms with van der Waals surface area (Å²) in [5.41, 5.74) is 5.45. The number of phosphoric ester groups is 1. The molecule has 23 heavy (non-hydrogen) atoms. The number of unbranched alkanes of at least 4 members (excludes halogenated alkanes) is 8. The number of quaternary nitrogens is 1. The van der Waals surface area contributed by atoms with Crippen LogP contribution in [0, 0.1) is 0 Å². The minimum absolute atomic E-state index is 0.224. The fourth-order valence-electron chi connectivity index (χ4n) is 2.13. The van der Waals surface area contributed by atoms with E-state index in [-0.39, 0.29) is 13.2 Å². The van der Waals surface area contributed by atoms with E-state index in [1.54, 1.807) is 0 Å². The summed E-state index contributed by atoms with van der Waals surface area (Å²) in [7, 11) is 2.14. The van der Waals surface area contributed by atoms with E-state index in [1.807, 2.05) is 21.1 Å². The third-order valence-electron chi connectivity index (χ3n) is 3.62. The number of hydrogen-bond donors (Lipinski definition) is 2. The van der Waals surface area contributed by atoms with Crippen molar-refractivity contribution in [1.82, 2.24) is 0 Å². The zero-order valence-electron chi connectivity index (χ0n) is 15.3. The van der Waals surface area contributed by atoms with Crippen LogP contribution in [0.4, 0.5) is 0 Å². The number of likely N-dealkylation sites (N-methyl/N-ethyl adjacent to an activating group) is 1. The number of nitrogens with zero attached hydrogens (tertiary/aromatic N) is 1. The van der Waals surface area contributed by atoms with Gasteiger partial charge in [0.15, 0.2) is 0 Å². The molecule has 0 aliphatic rings. The van der Waals surface area contributed by atoms with Crippen LogP contribution >= 0.6 is 7.82 Å². The molecule has 6 nitrogen and oxygen atoms in total. The predicted octanol–water partition coefficient (Wildman–Crippen LogP) is 3.30. The Labute approximate surface area is 142 Å². The fourth-order valence-corrected chi connectivity index (χ4v) is 2.88. The Hall–Kier alpha value is 0.0300. The first-order valence-corrected chi connectivity index (χ1v) is 10.4. The van der Waals surface area contributed by atoms with Gasteiger partial charge in [-0.2, -0.15) is 0 Å². The van der Waals surface area contributed by atoms with Crippen molar-refractivity contribution in [2.45, 2.75) is 57.8 Å².